The highest BCUT2D eigenvalue weighted by Crippen LogP contribution is 2.25. The first-order valence-electron chi connectivity index (χ1n) is 6.84. The Kier molecular flexibility index (Phi) is 4.78. The predicted molar refractivity (Wildman–Crippen MR) is 74.1 cm³/mol. The van der Waals surface area contributed by atoms with E-state index < -0.39 is 15.8 Å². The second-order valence-corrected chi connectivity index (χ2v) is 7.27. The van der Waals surface area contributed by atoms with Gasteiger partial charge in [-0.2, -0.15) is 4.31 Å². The molecule has 0 aliphatic carbocycles. The molecule has 1 unspecified atom stereocenters. The lowest BCUT2D eigenvalue weighted by molar-refractivity contribution is 0.281. The van der Waals surface area contributed by atoms with Crippen molar-refractivity contribution < 1.29 is 17.9 Å². The van der Waals surface area contributed by atoms with Crippen LogP contribution in [0.1, 0.15) is 31.7 Å². The van der Waals surface area contributed by atoms with Gasteiger partial charge in [0.2, 0.25) is 10.0 Å². The summed E-state index contributed by atoms with van der Waals surface area (Å²) in [5.41, 5.74) is 0.396. The smallest absolute Gasteiger partial charge is 0.245 e. The van der Waals surface area contributed by atoms with E-state index in [1.807, 2.05) is 0 Å². The molecule has 1 atom stereocenters. The summed E-state index contributed by atoms with van der Waals surface area (Å²) in [4.78, 5) is -0.335. The summed E-state index contributed by atoms with van der Waals surface area (Å²) >= 11 is 0. The van der Waals surface area contributed by atoms with Crippen LogP contribution in [0.5, 0.6) is 0 Å². The number of aliphatic hydroxyl groups excluding tert-OH is 1. The fourth-order valence-corrected chi connectivity index (χ4v) is 4.07. The van der Waals surface area contributed by atoms with E-state index in [1.54, 1.807) is 0 Å². The van der Waals surface area contributed by atoms with E-state index >= 15 is 0 Å². The van der Waals surface area contributed by atoms with Gasteiger partial charge in [0, 0.05) is 13.1 Å². The minimum Gasteiger partial charge on any atom is -0.392 e. The zero-order valence-corrected chi connectivity index (χ0v) is 12.4. The Morgan fingerprint density at radius 1 is 1.35 bits per heavy atom. The van der Waals surface area contributed by atoms with Crippen LogP contribution in [-0.4, -0.2) is 30.9 Å². The van der Waals surface area contributed by atoms with Gasteiger partial charge in [-0.15, -0.1) is 0 Å². The third-order valence-corrected chi connectivity index (χ3v) is 5.69. The fraction of sp³-hybridized carbons (Fsp3) is 0.571. The van der Waals surface area contributed by atoms with Crippen molar-refractivity contribution in [2.75, 3.05) is 13.1 Å². The summed E-state index contributed by atoms with van der Waals surface area (Å²) in [6.07, 6.45) is 2.58. The Labute approximate surface area is 119 Å². The summed E-state index contributed by atoms with van der Waals surface area (Å²) in [5.74, 6) is -0.275. The first kappa shape index (κ1) is 15.4. The minimum atomic E-state index is -3.82. The summed E-state index contributed by atoms with van der Waals surface area (Å²) < 4.78 is 40.3. The number of hydrogen-bond acceptors (Lipinski definition) is 3. The van der Waals surface area contributed by atoms with Crippen molar-refractivity contribution in [1.82, 2.24) is 4.31 Å². The molecule has 0 spiro atoms. The van der Waals surface area contributed by atoms with Crippen LogP contribution in [0.4, 0.5) is 4.39 Å². The van der Waals surface area contributed by atoms with E-state index in [2.05, 4.69) is 6.92 Å². The lowest BCUT2D eigenvalue weighted by Crippen LogP contribution is -2.32. The van der Waals surface area contributed by atoms with Crippen molar-refractivity contribution in [2.24, 2.45) is 5.92 Å². The molecule has 0 amide bonds. The maximum Gasteiger partial charge on any atom is 0.245 e. The van der Waals surface area contributed by atoms with Gasteiger partial charge < -0.3 is 5.11 Å². The van der Waals surface area contributed by atoms with Crippen molar-refractivity contribution in [2.45, 2.75) is 37.7 Å². The van der Waals surface area contributed by atoms with E-state index in [4.69, 9.17) is 5.11 Å². The van der Waals surface area contributed by atoms with Crippen LogP contribution in [0.25, 0.3) is 0 Å². The van der Waals surface area contributed by atoms with E-state index in [-0.39, 0.29) is 11.5 Å². The van der Waals surface area contributed by atoms with Crippen LogP contribution in [0.15, 0.2) is 23.1 Å². The van der Waals surface area contributed by atoms with Crippen LogP contribution >= 0.6 is 0 Å². The number of sulfonamides is 1. The second-order valence-electron chi connectivity index (χ2n) is 5.36. The average molecular weight is 301 g/mol. The van der Waals surface area contributed by atoms with E-state index in [0.717, 1.165) is 25.3 Å². The molecule has 20 heavy (non-hydrogen) atoms. The third kappa shape index (κ3) is 3.19. The van der Waals surface area contributed by atoms with Gasteiger partial charge >= 0.3 is 0 Å². The molecule has 1 saturated heterocycles. The zero-order valence-electron chi connectivity index (χ0n) is 11.5. The first-order chi connectivity index (χ1) is 9.45. The molecule has 6 heteroatoms. The van der Waals surface area contributed by atoms with Gasteiger partial charge in [0.05, 0.1) is 6.61 Å². The molecule has 0 radical (unpaired) electrons. The standard InChI is InChI=1S/C14H20FNO3S/c1-11-3-2-7-16(8-6-11)20(18,19)14-9-12(10-17)4-5-13(14)15/h4-5,9,11,17H,2-3,6-8,10H2,1H3. The third-order valence-electron chi connectivity index (χ3n) is 3.77. The Morgan fingerprint density at radius 3 is 2.80 bits per heavy atom. The minimum absolute atomic E-state index is 0.306. The van der Waals surface area contributed by atoms with Gasteiger partial charge in [-0.3, -0.25) is 0 Å². The van der Waals surface area contributed by atoms with E-state index in [9.17, 15) is 12.8 Å². The molecule has 1 aromatic carbocycles. The quantitative estimate of drug-likeness (QED) is 0.930. The van der Waals surface area contributed by atoms with Crippen molar-refractivity contribution in [1.29, 1.82) is 0 Å². The highest BCUT2D eigenvalue weighted by Gasteiger charge is 2.29. The summed E-state index contributed by atoms with van der Waals surface area (Å²) in [6.45, 7) is 2.64. The molecule has 0 bridgehead atoms. The average Bonchev–Trinajstić information content (AvgIpc) is 2.64. The van der Waals surface area contributed by atoms with Crippen molar-refractivity contribution in [3.8, 4) is 0 Å². The molecular formula is C14H20FNO3S. The van der Waals surface area contributed by atoms with Crippen LogP contribution in [0.2, 0.25) is 0 Å². The van der Waals surface area contributed by atoms with Crippen LogP contribution in [-0.2, 0) is 16.6 Å². The van der Waals surface area contributed by atoms with Gasteiger partial charge in [-0.05, 0) is 42.9 Å². The maximum absolute atomic E-state index is 13.8. The summed E-state index contributed by atoms with van der Waals surface area (Å²) in [7, 11) is -3.82. The molecule has 0 saturated carbocycles. The molecule has 112 valence electrons. The lowest BCUT2D eigenvalue weighted by atomic mass is 10.0. The Morgan fingerprint density at radius 2 is 2.10 bits per heavy atom. The molecule has 1 N–H and O–H groups in total. The first-order valence-corrected chi connectivity index (χ1v) is 8.28. The Hall–Kier alpha value is -0.980. The van der Waals surface area contributed by atoms with Crippen LogP contribution in [0, 0.1) is 11.7 Å². The number of rotatable bonds is 3. The number of hydrogen-bond donors (Lipinski definition) is 1. The molecule has 1 aliphatic rings. The Bertz CT molecular complexity index is 574. The normalized spacial score (nSPS) is 21.6. The fourth-order valence-electron chi connectivity index (χ4n) is 2.46. The molecule has 1 aromatic rings. The van der Waals surface area contributed by atoms with Gasteiger partial charge in [-0.25, -0.2) is 12.8 Å². The van der Waals surface area contributed by atoms with Gasteiger partial charge in [0.25, 0.3) is 0 Å². The van der Waals surface area contributed by atoms with E-state index in [1.165, 1.54) is 16.4 Å². The molecule has 1 fully saturated rings. The van der Waals surface area contributed by atoms with Crippen LogP contribution < -0.4 is 0 Å². The van der Waals surface area contributed by atoms with E-state index in [0.29, 0.717) is 24.6 Å². The monoisotopic (exact) mass is 301 g/mol. The predicted octanol–water partition coefficient (Wildman–Crippen LogP) is 2.13. The summed E-state index contributed by atoms with van der Waals surface area (Å²) in [5, 5.41) is 9.08. The molecular weight excluding hydrogens is 281 g/mol. The summed E-state index contributed by atoms with van der Waals surface area (Å²) in [6, 6.07) is 3.71. The SMILES string of the molecule is CC1CCCN(S(=O)(=O)c2cc(CO)ccc2F)CC1. The number of nitrogens with zero attached hydrogens (tertiary/aromatic N) is 1. The highest BCUT2D eigenvalue weighted by atomic mass is 32.2. The van der Waals surface area contributed by atoms with Gasteiger partial charge in [-0.1, -0.05) is 13.0 Å². The Balaban J connectivity index is 2.34. The zero-order chi connectivity index (χ0) is 14.8. The maximum atomic E-state index is 13.8. The van der Waals surface area contributed by atoms with Crippen molar-refractivity contribution in [3.63, 3.8) is 0 Å². The molecule has 1 aliphatic heterocycles. The van der Waals surface area contributed by atoms with Crippen molar-refractivity contribution >= 4 is 10.0 Å². The second kappa shape index (κ2) is 6.20. The molecule has 1 heterocycles. The topological polar surface area (TPSA) is 57.6 Å². The van der Waals surface area contributed by atoms with Crippen LogP contribution in [0.3, 0.4) is 0 Å². The number of halogens is 1. The number of benzene rings is 1. The van der Waals surface area contributed by atoms with Gasteiger partial charge in [0.15, 0.2) is 0 Å². The van der Waals surface area contributed by atoms with Gasteiger partial charge in [0.1, 0.15) is 10.7 Å². The van der Waals surface area contributed by atoms with Crippen molar-refractivity contribution in [3.05, 3.63) is 29.6 Å². The molecule has 2 rings (SSSR count). The highest BCUT2D eigenvalue weighted by molar-refractivity contribution is 7.89. The number of aliphatic hydroxyl groups is 1. The molecule has 4 nitrogen and oxygen atoms in total. The molecule has 0 aromatic heterocycles. The largest absolute Gasteiger partial charge is 0.392 e. The lowest BCUT2D eigenvalue weighted by Gasteiger charge is -2.20.